The molecule has 5 atom stereocenters. The van der Waals surface area contributed by atoms with E-state index in [1.165, 1.54) is 19.0 Å². The second-order valence-corrected chi connectivity index (χ2v) is 12.9. The fourth-order valence-electron chi connectivity index (χ4n) is 6.00. The molecule has 1 fully saturated rings. The van der Waals surface area contributed by atoms with E-state index in [0.29, 0.717) is 6.42 Å². The average Bonchev–Trinajstić information content (AvgIpc) is 3.04. The van der Waals surface area contributed by atoms with Crippen LogP contribution in [0.15, 0.2) is 30.3 Å². The molecule has 12 heteroatoms. The van der Waals surface area contributed by atoms with E-state index in [2.05, 4.69) is 22.5 Å². The van der Waals surface area contributed by atoms with Crippen LogP contribution in [0.3, 0.4) is 0 Å². The highest BCUT2D eigenvalue weighted by molar-refractivity contribution is 5.91. The number of carbonyl (C=O) groups is 3. The third kappa shape index (κ3) is 15.1. The molecule has 0 aromatic heterocycles. The fraction of sp³-hybridized carbons (Fsp3) is 0.639. The lowest BCUT2D eigenvalue weighted by molar-refractivity contribution is -0.144. The number of carbonyl (C=O) groups excluding carboxylic acids is 3. The number of benzene rings is 1. The monoisotopic (exact) mass is 676 g/mol. The van der Waals surface area contributed by atoms with Crippen molar-refractivity contribution in [1.29, 1.82) is 0 Å². The van der Waals surface area contributed by atoms with Crippen molar-refractivity contribution >= 4 is 17.7 Å². The molecule has 266 valence electrons. The van der Waals surface area contributed by atoms with Gasteiger partial charge in [0.2, 0.25) is 17.7 Å². The van der Waals surface area contributed by atoms with E-state index in [9.17, 15) is 37.8 Å². The van der Waals surface area contributed by atoms with Gasteiger partial charge in [-0.2, -0.15) is 13.2 Å². The molecule has 4 N–H and O–H groups in total. The van der Waals surface area contributed by atoms with E-state index in [1.807, 2.05) is 18.2 Å². The van der Waals surface area contributed by atoms with Crippen molar-refractivity contribution in [2.24, 2.45) is 11.8 Å². The first-order valence-corrected chi connectivity index (χ1v) is 16.6. The van der Waals surface area contributed by atoms with Crippen molar-refractivity contribution in [2.75, 3.05) is 33.7 Å². The third-order valence-electron chi connectivity index (χ3n) is 8.79. The number of aliphatic hydroxyl groups is 2. The van der Waals surface area contributed by atoms with Crippen LogP contribution in [0.4, 0.5) is 13.2 Å². The summed E-state index contributed by atoms with van der Waals surface area (Å²) in [5.41, 5.74) is 0.779. The Labute approximate surface area is 283 Å². The molecule has 3 amide bonds. The molecular weight excluding hydrogens is 625 g/mol. The van der Waals surface area contributed by atoms with Crippen LogP contribution < -0.4 is 10.6 Å². The van der Waals surface area contributed by atoms with Gasteiger partial charge < -0.3 is 25.7 Å². The van der Waals surface area contributed by atoms with E-state index < -0.39 is 60.7 Å². The number of terminal acetylenes is 2. The summed E-state index contributed by atoms with van der Waals surface area (Å²) < 4.78 is 38.2. The summed E-state index contributed by atoms with van der Waals surface area (Å²) in [4.78, 5) is 43.0. The number of rotatable bonds is 19. The molecule has 1 unspecified atom stereocenters. The topological polar surface area (TPSA) is 122 Å². The molecule has 0 saturated heterocycles. The van der Waals surface area contributed by atoms with Gasteiger partial charge in [0.05, 0.1) is 24.6 Å². The summed E-state index contributed by atoms with van der Waals surface area (Å²) >= 11 is 0. The standard InChI is InChI=1S/C36H51F3N4O5/c1-5-7-19-29(35(48)41-30(33(46)31(44)14-6-2)23-27-17-12-9-13-18-27)40-34(47)28(22-26-15-10-8-11-16-26)24-32(45)43(4)21-20-42(3)25-36(37,38)39/h1-2,8,10-11,15-16,27-31,33,44,46H,7,9,12-14,17-25H2,3-4H3,(H,40,47)(H,41,48)/t28-,29+,30?,31+,33-/m1/s1. The summed E-state index contributed by atoms with van der Waals surface area (Å²) in [5.74, 6) is 2.56. The molecule has 0 heterocycles. The van der Waals surface area contributed by atoms with Crippen LogP contribution in [0.1, 0.15) is 69.8 Å². The van der Waals surface area contributed by atoms with Gasteiger partial charge in [0, 0.05) is 39.4 Å². The molecule has 1 aromatic carbocycles. The molecule has 1 aliphatic carbocycles. The zero-order chi connectivity index (χ0) is 35.7. The van der Waals surface area contributed by atoms with E-state index in [4.69, 9.17) is 12.8 Å². The lowest BCUT2D eigenvalue weighted by Gasteiger charge is -2.33. The molecule has 0 bridgehead atoms. The number of aliphatic hydroxyl groups excluding tert-OH is 2. The molecule has 0 radical (unpaired) electrons. The number of nitrogens with zero attached hydrogens (tertiary/aromatic N) is 2. The average molecular weight is 677 g/mol. The Kier molecular flexibility index (Phi) is 17.5. The molecule has 2 rings (SSSR count). The van der Waals surface area contributed by atoms with Gasteiger partial charge in [-0.1, -0.05) is 62.4 Å². The summed E-state index contributed by atoms with van der Waals surface area (Å²) in [7, 11) is 2.78. The highest BCUT2D eigenvalue weighted by atomic mass is 19.4. The zero-order valence-electron chi connectivity index (χ0n) is 28.1. The molecule has 1 saturated carbocycles. The first kappa shape index (κ1) is 40.6. The number of amides is 3. The second kappa shape index (κ2) is 20.7. The third-order valence-corrected chi connectivity index (χ3v) is 8.79. The Morgan fingerprint density at radius 3 is 2.25 bits per heavy atom. The van der Waals surface area contributed by atoms with E-state index in [-0.39, 0.29) is 51.1 Å². The Bertz CT molecular complexity index is 1230. The summed E-state index contributed by atoms with van der Waals surface area (Å²) in [6.45, 7) is -1.11. The van der Waals surface area contributed by atoms with Crippen LogP contribution in [0, 0.1) is 36.5 Å². The van der Waals surface area contributed by atoms with Crippen LogP contribution in [0.25, 0.3) is 0 Å². The Hall–Kier alpha value is -3.58. The quantitative estimate of drug-likeness (QED) is 0.167. The first-order valence-electron chi connectivity index (χ1n) is 16.6. The smallest absolute Gasteiger partial charge is 0.389 e. The van der Waals surface area contributed by atoms with Crippen LogP contribution >= 0.6 is 0 Å². The number of halogens is 3. The maximum atomic E-state index is 13.8. The van der Waals surface area contributed by atoms with E-state index in [0.717, 1.165) is 42.6 Å². The van der Waals surface area contributed by atoms with E-state index in [1.54, 1.807) is 12.1 Å². The Morgan fingerprint density at radius 2 is 1.65 bits per heavy atom. The van der Waals surface area contributed by atoms with Gasteiger partial charge in [-0.05, 0) is 37.8 Å². The molecular formula is C36H51F3N4O5. The molecule has 9 nitrogen and oxygen atoms in total. The lowest BCUT2D eigenvalue weighted by Crippen LogP contribution is -2.56. The van der Waals surface area contributed by atoms with Crippen molar-refractivity contribution in [3.63, 3.8) is 0 Å². The molecule has 1 aliphatic rings. The Balaban J connectivity index is 2.22. The number of likely N-dealkylation sites (N-methyl/N-ethyl adjacent to an activating group) is 2. The van der Waals surface area contributed by atoms with Gasteiger partial charge in [0.1, 0.15) is 12.1 Å². The number of alkyl halides is 3. The van der Waals surface area contributed by atoms with Gasteiger partial charge in [0.25, 0.3) is 0 Å². The minimum absolute atomic E-state index is 0.0183. The van der Waals surface area contributed by atoms with Crippen LogP contribution in [0.5, 0.6) is 0 Å². The zero-order valence-corrected chi connectivity index (χ0v) is 28.1. The lowest BCUT2D eigenvalue weighted by atomic mass is 9.82. The summed E-state index contributed by atoms with van der Waals surface area (Å²) in [5, 5.41) is 27.1. The Morgan fingerprint density at radius 1 is 0.979 bits per heavy atom. The molecule has 1 aromatic rings. The van der Waals surface area contributed by atoms with Crippen molar-refractivity contribution in [3.05, 3.63) is 35.9 Å². The number of hydrogen-bond acceptors (Lipinski definition) is 6. The minimum atomic E-state index is -4.37. The van der Waals surface area contributed by atoms with Gasteiger partial charge in [-0.25, -0.2) is 0 Å². The van der Waals surface area contributed by atoms with Crippen molar-refractivity contribution in [2.45, 2.75) is 101 Å². The van der Waals surface area contributed by atoms with Crippen molar-refractivity contribution < 1.29 is 37.8 Å². The number of nitrogens with one attached hydrogen (secondary N) is 2. The highest BCUT2D eigenvalue weighted by Crippen LogP contribution is 2.29. The van der Waals surface area contributed by atoms with Crippen molar-refractivity contribution in [1.82, 2.24) is 20.4 Å². The normalized spacial score (nSPS) is 16.9. The summed E-state index contributed by atoms with van der Waals surface area (Å²) in [6, 6.07) is 7.10. The molecule has 0 aliphatic heterocycles. The maximum absolute atomic E-state index is 13.8. The maximum Gasteiger partial charge on any atom is 0.401 e. The van der Waals surface area contributed by atoms with Gasteiger partial charge in [-0.3, -0.25) is 19.3 Å². The van der Waals surface area contributed by atoms with Crippen LogP contribution in [-0.4, -0.2) is 102 Å². The van der Waals surface area contributed by atoms with Crippen LogP contribution in [0.2, 0.25) is 0 Å². The minimum Gasteiger partial charge on any atom is -0.389 e. The molecule has 48 heavy (non-hydrogen) atoms. The van der Waals surface area contributed by atoms with Gasteiger partial charge in [-0.15, -0.1) is 24.7 Å². The summed E-state index contributed by atoms with van der Waals surface area (Å²) in [6.07, 6.45) is 9.47. The second-order valence-electron chi connectivity index (χ2n) is 12.9. The predicted octanol–water partition coefficient (Wildman–Crippen LogP) is 3.29. The molecule has 0 spiro atoms. The fourth-order valence-corrected chi connectivity index (χ4v) is 6.00. The SMILES string of the molecule is C#CCC[C@H](NC(=O)[C@@H](CC(=O)N(C)CCN(C)CC(F)(F)F)Cc1ccccc1)C(=O)NC(CC1CCCCC1)[C@@H](O)[C@@H](O)CC#C. The predicted molar refractivity (Wildman–Crippen MR) is 178 cm³/mol. The van der Waals surface area contributed by atoms with Gasteiger partial charge >= 0.3 is 6.18 Å². The number of hydrogen-bond donors (Lipinski definition) is 4. The first-order chi connectivity index (χ1) is 22.7. The van der Waals surface area contributed by atoms with E-state index >= 15 is 0 Å². The van der Waals surface area contributed by atoms with Crippen molar-refractivity contribution in [3.8, 4) is 24.7 Å². The highest BCUT2D eigenvalue weighted by Gasteiger charge is 2.34. The van der Waals surface area contributed by atoms with Gasteiger partial charge in [0.15, 0.2) is 0 Å². The largest absolute Gasteiger partial charge is 0.401 e. The van der Waals surface area contributed by atoms with Crippen LogP contribution in [-0.2, 0) is 20.8 Å².